The van der Waals surface area contributed by atoms with Crippen molar-refractivity contribution >= 4 is 11.5 Å². The zero-order valence-corrected chi connectivity index (χ0v) is 14.5. The van der Waals surface area contributed by atoms with E-state index in [4.69, 9.17) is 0 Å². The fourth-order valence-corrected chi connectivity index (χ4v) is 2.74. The van der Waals surface area contributed by atoms with Crippen LogP contribution in [0.3, 0.4) is 0 Å². The first-order valence-electron chi connectivity index (χ1n) is 8.33. The minimum Gasteiger partial charge on any atom is -0.361 e. The molecule has 0 spiro atoms. The zero-order valence-electron chi connectivity index (χ0n) is 14.5. The lowest BCUT2D eigenvalue weighted by Gasteiger charge is -2.06. The molecule has 0 aliphatic carbocycles. The highest BCUT2D eigenvalue weighted by molar-refractivity contribution is 6.04. The van der Waals surface area contributed by atoms with Crippen LogP contribution in [0.4, 0.5) is 5.69 Å². The molecule has 0 aromatic heterocycles. The van der Waals surface area contributed by atoms with E-state index in [1.54, 1.807) is 12.3 Å². The van der Waals surface area contributed by atoms with Crippen LogP contribution < -0.4 is 5.32 Å². The van der Waals surface area contributed by atoms with Crippen LogP contribution in [-0.4, -0.2) is 5.78 Å². The average molecular weight is 327 g/mol. The molecule has 2 heteroatoms. The van der Waals surface area contributed by atoms with Crippen LogP contribution in [-0.2, 0) is 0 Å². The Hall–Kier alpha value is -3.13. The summed E-state index contributed by atoms with van der Waals surface area (Å²) < 4.78 is 0. The fraction of sp³-hybridized carbons (Fsp3) is 0.0870. The van der Waals surface area contributed by atoms with Crippen LogP contribution in [0.1, 0.15) is 21.5 Å². The zero-order chi connectivity index (χ0) is 17.6. The van der Waals surface area contributed by atoms with Gasteiger partial charge in [0, 0.05) is 23.5 Å². The third-order valence-electron chi connectivity index (χ3n) is 4.13. The van der Waals surface area contributed by atoms with E-state index >= 15 is 0 Å². The lowest BCUT2D eigenvalue weighted by Crippen LogP contribution is -1.97. The maximum atomic E-state index is 12.3. The first-order chi connectivity index (χ1) is 12.1. The fourth-order valence-electron chi connectivity index (χ4n) is 2.74. The molecule has 3 aromatic carbocycles. The molecule has 2 nitrogen and oxygen atoms in total. The summed E-state index contributed by atoms with van der Waals surface area (Å²) in [7, 11) is 0. The number of carbonyl (C=O) groups excluding carboxylic acids is 1. The van der Waals surface area contributed by atoms with Crippen molar-refractivity contribution in [1.29, 1.82) is 0 Å². The standard InChI is InChI=1S/C23H21NO/c1-17-8-13-22(18(2)16-17)24-15-14-23(25)21-11-9-20(10-12-21)19-6-4-3-5-7-19/h3-16,24H,1-2H3. The molecule has 0 amide bonds. The second kappa shape index (κ2) is 7.63. The average Bonchev–Trinajstić information content (AvgIpc) is 2.64. The van der Waals surface area contributed by atoms with E-state index in [1.165, 1.54) is 5.56 Å². The molecule has 3 rings (SSSR count). The van der Waals surface area contributed by atoms with E-state index in [0.717, 1.165) is 22.4 Å². The summed E-state index contributed by atoms with van der Waals surface area (Å²) in [4.78, 5) is 12.3. The Kier molecular flexibility index (Phi) is 5.10. The Morgan fingerprint density at radius 2 is 1.52 bits per heavy atom. The highest BCUT2D eigenvalue weighted by Crippen LogP contribution is 2.20. The topological polar surface area (TPSA) is 29.1 Å². The van der Waals surface area contributed by atoms with Gasteiger partial charge in [0.2, 0.25) is 0 Å². The molecule has 0 bridgehead atoms. The molecule has 0 aliphatic rings. The predicted molar refractivity (Wildman–Crippen MR) is 105 cm³/mol. The molecule has 0 unspecified atom stereocenters. The van der Waals surface area contributed by atoms with Crippen molar-refractivity contribution < 1.29 is 4.79 Å². The summed E-state index contributed by atoms with van der Waals surface area (Å²) in [5, 5.41) is 3.18. The van der Waals surface area contributed by atoms with Gasteiger partial charge >= 0.3 is 0 Å². The number of ketones is 1. The lowest BCUT2D eigenvalue weighted by molar-refractivity contribution is 0.104. The number of hydrogen-bond donors (Lipinski definition) is 1. The minimum absolute atomic E-state index is 0.0168. The molecule has 0 fully saturated rings. The molecule has 1 N–H and O–H groups in total. The molecular weight excluding hydrogens is 306 g/mol. The van der Waals surface area contributed by atoms with Crippen LogP contribution in [0, 0.1) is 13.8 Å². The smallest absolute Gasteiger partial charge is 0.187 e. The molecule has 3 aromatic rings. The minimum atomic E-state index is -0.0168. The van der Waals surface area contributed by atoms with Gasteiger partial charge in [-0.25, -0.2) is 0 Å². The van der Waals surface area contributed by atoms with Gasteiger partial charge in [-0.2, -0.15) is 0 Å². The monoisotopic (exact) mass is 327 g/mol. The molecule has 0 heterocycles. The van der Waals surface area contributed by atoms with Crippen molar-refractivity contribution in [3.05, 3.63) is 102 Å². The molecule has 25 heavy (non-hydrogen) atoms. The van der Waals surface area contributed by atoms with Crippen LogP contribution in [0.2, 0.25) is 0 Å². The van der Waals surface area contributed by atoms with Gasteiger partial charge in [-0.15, -0.1) is 0 Å². The molecule has 124 valence electrons. The van der Waals surface area contributed by atoms with Crippen LogP contribution >= 0.6 is 0 Å². The van der Waals surface area contributed by atoms with Crippen molar-refractivity contribution in [2.24, 2.45) is 0 Å². The Bertz CT molecular complexity index is 893. The van der Waals surface area contributed by atoms with Gasteiger partial charge in [-0.1, -0.05) is 72.3 Å². The number of anilines is 1. The van der Waals surface area contributed by atoms with Crippen LogP contribution in [0.25, 0.3) is 11.1 Å². The van der Waals surface area contributed by atoms with Gasteiger partial charge in [-0.05, 0) is 36.6 Å². The van der Waals surface area contributed by atoms with Gasteiger partial charge < -0.3 is 5.32 Å². The summed E-state index contributed by atoms with van der Waals surface area (Å²) in [6.45, 7) is 4.11. The van der Waals surface area contributed by atoms with E-state index in [2.05, 4.69) is 30.4 Å². The summed E-state index contributed by atoms with van der Waals surface area (Å²) in [6, 6.07) is 24.0. The number of benzene rings is 3. The molecule has 0 aliphatic heterocycles. The number of hydrogen-bond acceptors (Lipinski definition) is 2. The third kappa shape index (κ3) is 4.24. The van der Waals surface area contributed by atoms with E-state index in [-0.39, 0.29) is 5.78 Å². The second-order valence-corrected chi connectivity index (χ2v) is 6.10. The van der Waals surface area contributed by atoms with E-state index in [1.807, 2.05) is 61.5 Å². The molecule has 0 atom stereocenters. The SMILES string of the molecule is Cc1ccc(NC=CC(=O)c2ccc(-c3ccccc3)cc2)c(C)c1. The highest BCUT2D eigenvalue weighted by atomic mass is 16.1. The van der Waals surface area contributed by atoms with Crippen LogP contribution in [0.5, 0.6) is 0 Å². The quantitative estimate of drug-likeness (QED) is 0.475. The third-order valence-corrected chi connectivity index (χ3v) is 4.13. The highest BCUT2D eigenvalue weighted by Gasteiger charge is 2.03. The number of rotatable bonds is 5. The van der Waals surface area contributed by atoms with Crippen molar-refractivity contribution in [2.75, 3.05) is 5.32 Å². The van der Waals surface area contributed by atoms with Gasteiger partial charge in [0.25, 0.3) is 0 Å². The van der Waals surface area contributed by atoms with Gasteiger partial charge in [0.1, 0.15) is 0 Å². The van der Waals surface area contributed by atoms with Crippen molar-refractivity contribution in [1.82, 2.24) is 0 Å². The number of carbonyl (C=O) groups is 1. The maximum absolute atomic E-state index is 12.3. The van der Waals surface area contributed by atoms with Crippen molar-refractivity contribution in [3.8, 4) is 11.1 Å². The first-order valence-corrected chi connectivity index (χ1v) is 8.33. The maximum Gasteiger partial charge on any atom is 0.187 e. The summed E-state index contributed by atoms with van der Waals surface area (Å²) in [6.07, 6.45) is 3.27. The van der Waals surface area contributed by atoms with Gasteiger partial charge in [0.05, 0.1) is 0 Å². The summed E-state index contributed by atoms with van der Waals surface area (Å²) >= 11 is 0. The van der Waals surface area contributed by atoms with E-state index in [9.17, 15) is 4.79 Å². The van der Waals surface area contributed by atoms with Crippen LogP contribution in [0.15, 0.2) is 85.1 Å². The number of aryl methyl sites for hydroxylation is 2. The first kappa shape index (κ1) is 16.7. The summed E-state index contributed by atoms with van der Waals surface area (Å²) in [5.74, 6) is -0.0168. The predicted octanol–water partition coefficient (Wildman–Crippen LogP) is 5.78. The summed E-state index contributed by atoms with van der Waals surface area (Å²) in [5.41, 5.74) is 6.32. The van der Waals surface area contributed by atoms with Gasteiger partial charge in [-0.3, -0.25) is 4.79 Å². The van der Waals surface area contributed by atoms with Gasteiger partial charge in [0.15, 0.2) is 5.78 Å². The molecule has 0 saturated carbocycles. The Labute approximate surface area is 148 Å². The molecule has 0 radical (unpaired) electrons. The Balaban J connectivity index is 1.67. The molecular formula is C23H21NO. The normalized spacial score (nSPS) is 10.8. The lowest BCUT2D eigenvalue weighted by atomic mass is 10.0. The number of nitrogens with one attached hydrogen (secondary N) is 1. The van der Waals surface area contributed by atoms with Crippen molar-refractivity contribution in [2.45, 2.75) is 13.8 Å². The molecule has 0 saturated heterocycles. The second-order valence-electron chi connectivity index (χ2n) is 6.10. The van der Waals surface area contributed by atoms with Crippen molar-refractivity contribution in [3.63, 3.8) is 0 Å². The Morgan fingerprint density at radius 3 is 2.20 bits per heavy atom. The largest absolute Gasteiger partial charge is 0.361 e. The number of allylic oxidation sites excluding steroid dienone is 1. The van der Waals surface area contributed by atoms with E-state index in [0.29, 0.717) is 5.56 Å². The Morgan fingerprint density at radius 1 is 0.840 bits per heavy atom. The van der Waals surface area contributed by atoms with E-state index < -0.39 is 0 Å².